The van der Waals surface area contributed by atoms with Crippen LogP contribution in [0.5, 0.6) is 11.5 Å². The molecule has 1 aliphatic rings. The molecule has 35 heavy (non-hydrogen) atoms. The van der Waals surface area contributed by atoms with Crippen LogP contribution in [0, 0.1) is 6.92 Å². The molecule has 2 amide bonds. The van der Waals surface area contributed by atoms with Gasteiger partial charge in [0, 0.05) is 0 Å². The van der Waals surface area contributed by atoms with Crippen molar-refractivity contribution < 1.29 is 27.4 Å². The normalized spacial score (nSPS) is 19.4. The summed E-state index contributed by atoms with van der Waals surface area (Å²) in [6, 6.07) is 17.8. The molecule has 0 bridgehead atoms. The van der Waals surface area contributed by atoms with Crippen LogP contribution in [0.25, 0.3) is 0 Å². The Morgan fingerprint density at radius 2 is 1.43 bits per heavy atom. The largest absolute Gasteiger partial charge is 0.497 e. The molecule has 182 valence electrons. The summed E-state index contributed by atoms with van der Waals surface area (Å²) in [5, 5.41) is 2.07. The van der Waals surface area contributed by atoms with Gasteiger partial charge in [-0.2, -0.15) is 13.2 Å². The van der Waals surface area contributed by atoms with Crippen molar-refractivity contribution in [3.63, 3.8) is 0 Å². The van der Waals surface area contributed by atoms with E-state index in [1.54, 1.807) is 67.6 Å². The van der Waals surface area contributed by atoms with Gasteiger partial charge in [0.15, 0.2) is 5.17 Å². The molecular formula is C25H22F3N3O3S. The van der Waals surface area contributed by atoms with Gasteiger partial charge in [0.1, 0.15) is 11.5 Å². The van der Waals surface area contributed by atoms with Crippen LogP contribution in [0.3, 0.4) is 0 Å². The predicted molar refractivity (Wildman–Crippen MR) is 131 cm³/mol. The first kappa shape index (κ1) is 24.5. The standard InChI is InChI=1S/C25H22F3N3O3S/c1-16-4-6-17(7-5-16)24(25(26,27)28)30-22(32)31(19-10-14-21(34-3)15-11-19)23(35-24)29-18-8-12-20(33-2)13-9-18/h4-15H,1-3H3,(H,30,32)/t24-/m1/s1. The first-order valence-corrected chi connectivity index (χ1v) is 11.3. The molecule has 1 N–H and O–H groups in total. The number of hydrogen-bond donors (Lipinski definition) is 1. The second-order valence-electron chi connectivity index (χ2n) is 7.70. The van der Waals surface area contributed by atoms with Crippen LogP contribution in [-0.4, -0.2) is 31.6 Å². The molecule has 0 saturated carbocycles. The molecule has 3 aromatic rings. The third-order valence-corrected chi connectivity index (χ3v) is 6.74. The van der Waals surface area contributed by atoms with Gasteiger partial charge in [-0.05, 0) is 72.8 Å². The number of aliphatic imine (C=N–C) groups is 1. The zero-order chi connectivity index (χ0) is 25.2. The number of alkyl halides is 3. The van der Waals surface area contributed by atoms with Crippen molar-refractivity contribution in [3.05, 3.63) is 83.9 Å². The van der Waals surface area contributed by atoms with Gasteiger partial charge in [-0.1, -0.05) is 29.8 Å². The number of methoxy groups -OCH3 is 2. The Morgan fingerprint density at radius 3 is 1.94 bits per heavy atom. The Kier molecular flexibility index (Phi) is 6.66. The number of nitrogens with one attached hydrogen (secondary N) is 1. The SMILES string of the molecule is COc1ccc(N=C2S[C@](c3ccc(C)cc3)(C(F)(F)F)NC(=O)N2c2ccc(OC)cc2)cc1. The highest BCUT2D eigenvalue weighted by molar-refractivity contribution is 8.15. The van der Waals surface area contributed by atoms with E-state index in [0.29, 0.717) is 34.6 Å². The number of carbonyl (C=O) groups excluding carboxylic acids is 1. The monoisotopic (exact) mass is 501 g/mol. The van der Waals surface area contributed by atoms with Crippen molar-refractivity contribution >= 4 is 34.3 Å². The molecule has 1 saturated heterocycles. The van der Waals surface area contributed by atoms with Gasteiger partial charge in [0.05, 0.1) is 25.6 Å². The summed E-state index contributed by atoms with van der Waals surface area (Å²) < 4.78 is 54.3. The van der Waals surface area contributed by atoms with Crippen LogP contribution in [0.2, 0.25) is 0 Å². The van der Waals surface area contributed by atoms with Crippen molar-refractivity contribution in [3.8, 4) is 11.5 Å². The van der Waals surface area contributed by atoms with E-state index < -0.39 is 17.1 Å². The van der Waals surface area contributed by atoms with E-state index in [1.807, 2.05) is 0 Å². The van der Waals surface area contributed by atoms with Gasteiger partial charge in [-0.3, -0.25) is 0 Å². The lowest BCUT2D eigenvalue weighted by Gasteiger charge is -2.43. The van der Waals surface area contributed by atoms with Gasteiger partial charge < -0.3 is 14.8 Å². The summed E-state index contributed by atoms with van der Waals surface area (Å²) in [4.78, 5) is 16.2. The first-order chi connectivity index (χ1) is 16.7. The van der Waals surface area contributed by atoms with E-state index in [-0.39, 0.29) is 10.7 Å². The summed E-state index contributed by atoms with van der Waals surface area (Å²) in [7, 11) is 3.00. The van der Waals surface area contributed by atoms with Crippen LogP contribution < -0.4 is 19.7 Å². The zero-order valence-corrected chi connectivity index (χ0v) is 19.9. The van der Waals surface area contributed by atoms with Gasteiger partial charge in [0.2, 0.25) is 4.87 Å². The Bertz CT molecular complexity index is 1230. The fraction of sp³-hybridized carbons (Fsp3) is 0.200. The van der Waals surface area contributed by atoms with E-state index in [4.69, 9.17) is 9.47 Å². The van der Waals surface area contributed by atoms with Crippen LogP contribution in [0.15, 0.2) is 77.8 Å². The van der Waals surface area contributed by atoms with E-state index in [2.05, 4.69) is 10.3 Å². The van der Waals surface area contributed by atoms with Gasteiger partial charge in [0.25, 0.3) is 0 Å². The number of hydrogen-bond acceptors (Lipinski definition) is 5. The number of benzene rings is 3. The summed E-state index contributed by atoms with van der Waals surface area (Å²) in [5.74, 6) is 1.11. The Balaban J connectivity index is 1.86. The average Bonchev–Trinajstić information content (AvgIpc) is 2.84. The lowest BCUT2D eigenvalue weighted by atomic mass is 10.0. The second-order valence-corrected chi connectivity index (χ2v) is 8.88. The molecule has 0 radical (unpaired) electrons. The Labute approximate surface area is 204 Å². The van der Waals surface area contributed by atoms with E-state index in [9.17, 15) is 18.0 Å². The van der Waals surface area contributed by atoms with E-state index >= 15 is 0 Å². The molecule has 1 aliphatic heterocycles. The van der Waals surface area contributed by atoms with Crippen molar-refractivity contribution in [2.45, 2.75) is 18.0 Å². The van der Waals surface area contributed by atoms with Gasteiger partial charge in [-0.15, -0.1) is 0 Å². The molecule has 6 nitrogen and oxygen atoms in total. The second kappa shape index (κ2) is 9.53. The van der Waals surface area contributed by atoms with Gasteiger partial charge in [-0.25, -0.2) is 14.7 Å². The maximum atomic E-state index is 14.7. The highest BCUT2D eigenvalue weighted by atomic mass is 32.2. The molecular weight excluding hydrogens is 479 g/mol. The van der Waals surface area contributed by atoms with Crippen molar-refractivity contribution in [1.29, 1.82) is 0 Å². The molecule has 1 atom stereocenters. The van der Waals surface area contributed by atoms with Crippen LogP contribution >= 0.6 is 11.8 Å². The summed E-state index contributed by atoms with van der Waals surface area (Å²) >= 11 is 0.423. The summed E-state index contributed by atoms with van der Waals surface area (Å²) in [5.41, 5.74) is 1.39. The fourth-order valence-corrected chi connectivity index (χ4v) is 4.72. The molecule has 0 unspecified atom stereocenters. The van der Waals surface area contributed by atoms with Crippen LogP contribution in [-0.2, 0) is 4.87 Å². The zero-order valence-electron chi connectivity index (χ0n) is 19.1. The Hall–Kier alpha value is -3.66. The number of thioether (sulfide) groups is 1. The molecule has 3 aromatic carbocycles. The predicted octanol–water partition coefficient (Wildman–Crippen LogP) is 6.38. The molecule has 0 aromatic heterocycles. The minimum absolute atomic E-state index is 0.106. The molecule has 4 rings (SSSR count). The van der Waals surface area contributed by atoms with Crippen molar-refractivity contribution in [2.24, 2.45) is 4.99 Å². The number of nitrogens with zero attached hydrogens (tertiary/aromatic N) is 2. The number of aryl methyl sites for hydroxylation is 1. The fourth-order valence-electron chi connectivity index (χ4n) is 3.51. The van der Waals surface area contributed by atoms with E-state index in [1.165, 1.54) is 26.4 Å². The smallest absolute Gasteiger partial charge is 0.425 e. The van der Waals surface area contributed by atoms with Crippen molar-refractivity contribution in [2.75, 3.05) is 19.1 Å². The average molecular weight is 502 g/mol. The maximum Gasteiger partial charge on any atom is 0.425 e. The number of urea groups is 1. The number of anilines is 1. The lowest BCUT2D eigenvalue weighted by molar-refractivity contribution is -0.167. The topological polar surface area (TPSA) is 63.2 Å². The molecule has 1 heterocycles. The third kappa shape index (κ3) is 4.79. The number of halogens is 3. The van der Waals surface area contributed by atoms with Crippen LogP contribution in [0.1, 0.15) is 11.1 Å². The maximum absolute atomic E-state index is 14.7. The summed E-state index contributed by atoms with van der Waals surface area (Å²) in [6.07, 6.45) is -4.82. The number of ether oxygens (including phenoxy) is 2. The molecule has 0 spiro atoms. The summed E-state index contributed by atoms with van der Waals surface area (Å²) in [6.45, 7) is 1.78. The Morgan fingerprint density at radius 1 is 0.886 bits per heavy atom. The minimum Gasteiger partial charge on any atom is -0.497 e. The number of rotatable bonds is 5. The van der Waals surface area contributed by atoms with Crippen LogP contribution in [0.4, 0.5) is 29.3 Å². The van der Waals surface area contributed by atoms with Crippen molar-refractivity contribution in [1.82, 2.24) is 5.32 Å². The first-order valence-electron chi connectivity index (χ1n) is 10.5. The highest BCUT2D eigenvalue weighted by Gasteiger charge is 2.62. The lowest BCUT2D eigenvalue weighted by Crippen LogP contribution is -2.63. The number of amides is 2. The highest BCUT2D eigenvalue weighted by Crippen LogP contribution is 2.51. The van der Waals surface area contributed by atoms with E-state index in [0.717, 1.165) is 10.5 Å². The number of carbonyl (C=O) groups is 1. The van der Waals surface area contributed by atoms with Gasteiger partial charge >= 0.3 is 12.2 Å². The minimum atomic E-state index is -4.82. The molecule has 10 heteroatoms. The quantitative estimate of drug-likeness (QED) is 0.441. The molecule has 0 aliphatic carbocycles. The molecule has 1 fully saturated rings. The third-order valence-electron chi connectivity index (χ3n) is 5.41. The number of amidine groups is 1.